The molecule has 0 heterocycles. The highest BCUT2D eigenvalue weighted by molar-refractivity contribution is 9.10. The third kappa shape index (κ3) is 4.24. The van der Waals surface area contributed by atoms with Gasteiger partial charge in [-0.2, -0.15) is 0 Å². The van der Waals surface area contributed by atoms with Crippen molar-refractivity contribution in [2.24, 2.45) is 0 Å². The molecule has 0 aromatic heterocycles. The zero-order valence-electron chi connectivity index (χ0n) is 14.1. The molecule has 0 N–H and O–H groups in total. The number of carbonyl (C=O) groups is 1. The number of carbonyl (C=O) groups excluding carboxylic acids is 1. The Morgan fingerprint density at radius 3 is 2.46 bits per heavy atom. The van der Waals surface area contributed by atoms with E-state index < -0.39 is 0 Å². The zero-order valence-corrected chi connectivity index (χ0v) is 15.7. The molecule has 0 saturated heterocycles. The summed E-state index contributed by atoms with van der Waals surface area (Å²) in [6.45, 7) is 12.1. The quantitative estimate of drug-likeness (QED) is 0.470. The number of hydrogen-bond acceptors (Lipinski definition) is 1. The van der Waals surface area contributed by atoms with Crippen LogP contribution in [0.3, 0.4) is 0 Å². The first-order valence-electron chi connectivity index (χ1n) is 7.83. The lowest BCUT2D eigenvalue weighted by Gasteiger charge is -2.31. The Morgan fingerprint density at radius 2 is 1.92 bits per heavy atom. The van der Waals surface area contributed by atoms with Gasteiger partial charge in [0, 0.05) is 16.6 Å². The van der Waals surface area contributed by atoms with E-state index in [9.17, 15) is 4.79 Å². The molecular weight excluding hydrogens is 362 g/mol. The lowest BCUT2D eigenvalue weighted by molar-refractivity contribution is -0.129. The van der Waals surface area contributed by atoms with Crippen molar-refractivity contribution in [3.8, 4) is 0 Å². The maximum absolute atomic E-state index is 12.8. The summed E-state index contributed by atoms with van der Waals surface area (Å²) in [6, 6.07) is 15.9. The molecular formula is C21H22BrNO. The second-order valence-corrected chi connectivity index (χ2v) is 6.76. The van der Waals surface area contributed by atoms with Crippen molar-refractivity contribution in [2.45, 2.75) is 26.4 Å². The fourth-order valence-electron chi connectivity index (χ4n) is 2.62. The Balaban J connectivity index is 2.44. The lowest BCUT2D eigenvalue weighted by Crippen LogP contribution is -2.34. The highest BCUT2D eigenvalue weighted by atomic mass is 79.9. The molecule has 3 heteroatoms. The second-order valence-electron chi connectivity index (χ2n) is 5.90. The fraction of sp³-hybridized carbons (Fsp3) is 0.190. The third-order valence-electron chi connectivity index (χ3n) is 3.86. The van der Waals surface area contributed by atoms with Crippen molar-refractivity contribution in [2.75, 3.05) is 0 Å². The average Bonchev–Trinajstić information content (AvgIpc) is 2.56. The van der Waals surface area contributed by atoms with E-state index >= 15 is 0 Å². The van der Waals surface area contributed by atoms with Gasteiger partial charge in [-0.1, -0.05) is 71.0 Å². The Hall–Kier alpha value is -2.13. The molecule has 0 aliphatic rings. The predicted molar refractivity (Wildman–Crippen MR) is 104 cm³/mol. The smallest absolute Gasteiger partial charge is 0.249 e. The highest BCUT2D eigenvalue weighted by Gasteiger charge is 2.25. The van der Waals surface area contributed by atoms with E-state index in [0.29, 0.717) is 12.1 Å². The van der Waals surface area contributed by atoms with E-state index in [4.69, 9.17) is 0 Å². The average molecular weight is 384 g/mol. The van der Waals surface area contributed by atoms with Crippen molar-refractivity contribution in [1.82, 2.24) is 4.90 Å². The van der Waals surface area contributed by atoms with Crippen molar-refractivity contribution in [1.29, 1.82) is 0 Å². The molecule has 0 spiro atoms. The van der Waals surface area contributed by atoms with Crippen LogP contribution in [0.1, 0.15) is 29.7 Å². The molecule has 2 aromatic rings. The molecule has 2 nitrogen and oxygen atoms in total. The van der Waals surface area contributed by atoms with Gasteiger partial charge in [0.05, 0.1) is 6.04 Å². The van der Waals surface area contributed by atoms with E-state index in [-0.39, 0.29) is 11.9 Å². The van der Waals surface area contributed by atoms with Gasteiger partial charge in [0.2, 0.25) is 5.91 Å². The molecule has 0 bridgehead atoms. The normalized spacial score (nSPS) is 11.6. The van der Waals surface area contributed by atoms with Crippen LogP contribution in [0, 0.1) is 6.92 Å². The number of aryl methyl sites for hydroxylation is 1. The molecule has 0 aliphatic heterocycles. The Bertz CT molecular complexity index is 752. The van der Waals surface area contributed by atoms with Crippen LogP contribution in [-0.2, 0) is 11.3 Å². The number of halogens is 1. The minimum absolute atomic E-state index is 0.0729. The van der Waals surface area contributed by atoms with Crippen LogP contribution in [0.5, 0.6) is 0 Å². The van der Waals surface area contributed by atoms with Crippen LogP contribution < -0.4 is 0 Å². The topological polar surface area (TPSA) is 20.3 Å². The van der Waals surface area contributed by atoms with Crippen molar-refractivity contribution in [3.63, 3.8) is 0 Å². The fourth-order valence-corrected chi connectivity index (χ4v) is 3.34. The molecule has 124 valence electrons. The summed E-state index contributed by atoms with van der Waals surface area (Å²) in [6.07, 6.45) is 1.80. The highest BCUT2D eigenvalue weighted by Crippen LogP contribution is 2.31. The van der Waals surface area contributed by atoms with Gasteiger partial charge in [0.15, 0.2) is 0 Å². The number of hydrogen-bond donors (Lipinski definition) is 0. The minimum Gasteiger partial charge on any atom is -0.324 e. The molecule has 1 unspecified atom stereocenters. The second kappa shape index (κ2) is 8.11. The number of benzene rings is 2. The summed E-state index contributed by atoms with van der Waals surface area (Å²) < 4.78 is 0.972. The van der Waals surface area contributed by atoms with Crippen LogP contribution in [0.25, 0.3) is 0 Å². The Labute approximate surface area is 152 Å². The Kier molecular flexibility index (Phi) is 6.16. The standard InChI is InChI=1S/C21H22BrNO/c1-5-20(18-12-11-16(4)13-19(18)22)23(21(24)15(2)3)14-17-9-7-6-8-10-17/h5-13,20H,1-2,14H2,3-4H3. The number of rotatable bonds is 6. The van der Waals surface area contributed by atoms with Crippen molar-refractivity contribution in [3.05, 3.63) is 94.5 Å². The molecule has 0 aliphatic carbocycles. The summed E-state index contributed by atoms with van der Waals surface area (Å²) >= 11 is 3.62. The summed E-state index contributed by atoms with van der Waals surface area (Å²) in [5.41, 5.74) is 3.76. The van der Waals surface area contributed by atoms with E-state index in [1.54, 1.807) is 17.9 Å². The first kappa shape index (κ1) is 18.2. The van der Waals surface area contributed by atoms with Gasteiger partial charge in [-0.3, -0.25) is 4.79 Å². The Morgan fingerprint density at radius 1 is 1.25 bits per heavy atom. The molecule has 0 fully saturated rings. The van der Waals surface area contributed by atoms with Crippen molar-refractivity contribution < 1.29 is 4.79 Å². The molecule has 1 atom stereocenters. The van der Waals surface area contributed by atoms with E-state index in [2.05, 4.69) is 35.2 Å². The molecule has 1 amide bonds. The van der Waals surface area contributed by atoms with Gasteiger partial charge in [0.1, 0.15) is 0 Å². The zero-order chi connectivity index (χ0) is 17.7. The van der Waals surface area contributed by atoms with Crippen LogP contribution in [0.4, 0.5) is 0 Å². The van der Waals surface area contributed by atoms with Crippen LogP contribution in [-0.4, -0.2) is 10.8 Å². The number of amides is 1. The summed E-state index contributed by atoms with van der Waals surface area (Å²) in [4.78, 5) is 14.6. The SMILES string of the molecule is C=CC(c1ccc(C)cc1Br)N(Cc1ccccc1)C(=O)C(=C)C. The van der Waals surface area contributed by atoms with Gasteiger partial charge in [-0.05, 0) is 36.6 Å². The van der Waals surface area contributed by atoms with Gasteiger partial charge in [-0.25, -0.2) is 0 Å². The summed E-state index contributed by atoms with van der Waals surface area (Å²) in [7, 11) is 0. The molecule has 24 heavy (non-hydrogen) atoms. The van der Waals surface area contributed by atoms with Gasteiger partial charge >= 0.3 is 0 Å². The maximum Gasteiger partial charge on any atom is 0.249 e. The predicted octanol–water partition coefficient (Wildman–Crippen LogP) is 5.59. The third-order valence-corrected chi connectivity index (χ3v) is 4.54. The van der Waals surface area contributed by atoms with Gasteiger partial charge in [0.25, 0.3) is 0 Å². The number of nitrogens with zero attached hydrogens (tertiary/aromatic N) is 1. The first-order valence-corrected chi connectivity index (χ1v) is 8.62. The maximum atomic E-state index is 12.8. The van der Waals surface area contributed by atoms with Crippen molar-refractivity contribution >= 4 is 21.8 Å². The van der Waals surface area contributed by atoms with E-state index in [0.717, 1.165) is 21.2 Å². The molecule has 0 saturated carbocycles. The van der Waals surface area contributed by atoms with Gasteiger partial charge < -0.3 is 4.90 Å². The lowest BCUT2D eigenvalue weighted by atomic mass is 10.0. The van der Waals surface area contributed by atoms with Crippen LogP contribution >= 0.6 is 15.9 Å². The first-order chi connectivity index (χ1) is 11.4. The summed E-state index contributed by atoms with van der Waals surface area (Å²) in [5.74, 6) is -0.0729. The molecule has 0 radical (unpaired) electrons. The van der Waals surface area contributed by atoms with Gasteiger partial charge in [-0.15, -0.1) is 6.58 Å². The van der Waals surface area contributed by atoms with E-state index in [1.165, 1.54) is 0 Å². The van der Waals surface area contributed by atoms with Crippen LogP contribution in [0.15, 0.2) is 77.8 Å². The monoisotopic (exact) mass is 383 g/mol. The minimum atomic E-state index is -0.232. The van der Waals surface area contributed by atoms with Crippen LogP contribution in [0.2, 0.25) is 0 Å². The molecule has 2 aromatic carbocycles. The van der Waals surface area contributed by atoms with E-state index in [1.807, 2.05) is 49.4 Å². The largest absolute Gasteiger partial charge is 0.324 e. The molecule has 2 rings (SSSR count). The summed E-state index contributed by atoms with van der Waals surface area (Å²) in [5, 5.41) is 0.